The minimum Gasteiger partial charge on any atom is -0.480 e. The van der Waals surface area contributed by atoms with Crippen molar-refractivity contribution in [3.05, 3.63) is 12.2 Å². The lowest BCUT2D eigenvalue weighted by atomic mass is 10.1. The first-order valence-corrected chi connectivity index (χ1v) is 3.70. The largest absolute Gasteiger partial charge is 0.480 e. The highest BCUT2D eigenvalue weighted by atomic mass is 16.4. The Hall–Kier alpha value is -1.12. The Morgan fingerprint density at radius 2 is 2.55 bits per heavy atom. The van der Waals surface area contributed by atoms with E-state index in [4.69, 9.17) is 5.11 Å². The van der Waals surface area contributed by atoms with Crippen molar-refractivity contribution in [2.24, 2.45) is 4.99 Å². The quantitative estimate of drug-likeness (QED) is 0.649. The van der Waals surface area contributed by atoms with Crippen molar-refractivity contribution >= 4 is 11.7 Å². The number of allylic oxidation sites excluding steroid dienone is 2. The van der Waals surface area contributed by atoms with Gasteiger partial charge in [-0.25, -0.2) is 0 Å². The van der Waals surface area contributed by atoms with Gasteiger partial charge in [-0.3, -0.25) is 9.79 Å². The van der Waals surface area contributed by atoms with Crippen molar-refractivity contribution in [3.8, 4) is 0 Å². The molecule has 11 heavy (non-hydrogen) atoms. The lowest BCUT2D eigenvalue weighted by Crippen LogP contribution is -2.05. The van der Waals surface area contributed by atoms with Crippen LogP contribution in [0, 0.1) is 0 Å². The molecule has 0 amide bonds. The molecule has 0 saturated heterocycles. The fraction of sp³-hybridized carbons (Fsp3) is 0.500. The van der Waals surface area contributed by atoms with Gasteiger partial charge in [0, 0.05) is 5.71 Å². The Labute approximate surface area is 65.4 Å². The number of hydrogen-bond donors (Lipinski definition) is 1. The average molecular weight is 153 g/mol. The van der Waals surface area contributed by atoms with Crippen LogP contribution in [0.3, 0.4) is 0 Å². The van der Waals surface area contributed by atoms with Crippen LogP contribution in [0.15, 0.2) is 17.1 Å². The van der Waals surface area contributed by atoms with E-state index in [-0.39, 0.29) is 6.54 Å². The molecule has 0 heterocycles. The van der Waals surface area contributed by atoms with E-state index in [1.807, 2.05) is 12.2 Å². The third-order valence-electron chi connectivity index (χ3n) is 1.53. The van der Waals surface area contributed by atoms with Gasteiger partial charge in [-0.15, -0.1) is 0 Å². The van der Waals surface area contributed by atoms with Crippen molar-refractivity contribution in [1.29, 1.82) is 0 Å². The fourth-order valence-electron chi connectivity index (χ4n) is 1.00. The first-order valence-electron chi connectivity index (χ1n) is 3.70. The first kappa shape index (κ1) is 7.98. The summed E-state index contributed by atoms with van der Waals surface area (Å²) in [6, 6.07) is 0. The topological polar surface area (TPSA) is 49.7 Å². The summed E-state index contributed by atoms with van der Waals surface area (Å²) in [5.74, 6) is -0.864. The minimum atomic E-state index is -0.864. The molecular weight excluding hydrogens is 142 g/mol. The summed E-state index contributed by atoms with van der Waals surface area (Å²) in [6.07, 6.45) is 7.04. The molecule has 0 bridgehead atoms. The Morgan fingerprint density at radius 3 is 3.09 bits per heavy atom. The van der Waals surface area contributed by atoms with Crippen LogP contribution in [-0.4, -0.2) is 23.3 Å². The molecule has 3 heteroatoms. The number of aliphatic imine (C=N–C) groups is 1. The standard InChI is InChI=1S/C8H11NO2/c10-8(11)6-9-7-4-2-1-3-5-7/h2,4H,1,3,5-6H2,(H,10,11). The molecule has 0 spiro atoms. The maximum absolute atomic E-state index is 10.1. The molecule has 0 unspecified atom stereocenters. The predicted octanol–water partition coefficient (Wildman–Crippen LogP) is 1.25. The fourth-order valence-corrected chi connectivity index (χ4v) is 1.00. The monoisotopic (exact) mass is 153 g/mol. The molecule has 0 aromatic carbocycles. The normalized spacial score (nSPS) is 20.5. The summed E-state index contributed by atoms with van der Waals surface area (Å²) in [6.45, 7) is -0.0975. The van der Waals surface area contributed by atoms with Gasteiger partial charge in [0.2, 0.25) is 0 Å². The van der Waals surface area contributed by atoms with Gasteiger partial charge in [0.25, 0.3) is 0 Å². The van der Waals surface area contributed by atoms with Crippen LogP contribution >= 0.6 is 0 Å². The van der Waals surface area contributed by atoms with Crippen LogP contribution in [0.1, 0.15) is 19.3 Å². The molecule has 1 rings (SSSR count). The Balaban J connectivity index is 2.44. The minimum absolute atomic E-state index is 0.0975. The first-order chi connectivity index (χ1) is 5.29. The van der Waals surface area contributed by atoms with E-state index in [1.165, 1.54) is 0 Å². The van der Waals surface area contributed by atoms with Crippen molar-refractivity contribution in [1.82, 2.24) is 0 Å². The second kappa shape index (κ2) is 3.91. The summed E-state index contributed by atoms with van der Waals surface area (Å²) < 4.78 is 0. The summed E-state index contributed by atoms with van der Waals surface area (Å²) >= 11 is 0. The van der Waals surface area contributed by atoms with E-state index in [1.54, 1.807) is 0 Å². The number of hydrogen-bond acceptors (Lipinski definition) is 2. The van der Waals surface area contributed by atoms with Crippen molar-refractivity contribution in [2.45, 2.75) is 19.3 Å². The molecule has 60 valence electrons. The van der Waals surface area contributed by atoms with Crippen molar-refractivity contribution in [2.75, 3.05) is 6.54 Å². The van der Waals surface area contributed by atoms with Gasteiger partial charge in [0.1, 0.15) is 6.54 Å². The Morgan fingerprint density at radius 1 is 1.73 bits per heavy atom. The number of nitrogens with zero attached hydrogens (tertiary/aromatic N) is 1. The highest BCUT2D eigenvalue weighted by Gasteiger charge is 2.00. The third-order valence-corrected chi connectivity index (χ3v) is 1.53. The second-order valence-corrected chi connectivity index (χ2v) is 2.50. The van der Waals surface area contributed by atoms with E-state index in [2.05, 4.69) is 4.99 Å². The Bertz CT molecular complexity index is 206. The Kier molecular flexibility index (Phi) is 2.83. The van der Waals surface area contributed by atoms with Gasteiger partial charge in [-0.2, -0.15) is 0 Å². The van der Waals surface area contributed by atoms with Crippen LogP contribution in [0.5, 0.6) is 0 Å². The third kappa shape index (κ3) is 2.98. The molecule has 1 aliphatic carbocycles. The van der Waals surface area contributed by atoms with E-state index in [0.717, 1.165) is 25.0 Å². The number of carboxylic acids is 1. The molecule has 0 aliphatic heterocycles. The van der Waals surface area contributed by atoms with Gasteiger partial charge in [-0.1, -0.05) is 6.08 Å². The molecule has 0 atom stereocenters. The molecule has 0 radical (unpaired) electrons. The van der Waals surface area contributed by atoms with Crippen molar-refractivity contribution in [3.63, 3.8) is 0 Å². The van der Waals surface area contributed by atoms with Crippen LogP contribution in [0.25, 0.3) is 0 Å². The van der Waals surface area contributed by atoms with E-state index >= 15 is 0 Å². The summed E-state index contributed by atoms with van der Waals surface area (Å²) in [7, 11) is 0. The maximum Gasteiger partial charge on any atom is 0.325 e. The SMILES string of the molecule is O=C(O)CN=C1C=CCCC1. The van der Waals surface area contributed by atoms with E-state index in [9.17, 15) is 4.79 Å². The zero-order chi connectivity index (χ0) is 8.10. The van der Waals surface area contributed by atoms with Crippen LogP contribution in [0.4, 0.5) is 0 Å². The molecule has 0 aromatic rings. The van der Waals surface area contributed by atoms with Gasteiger partial charge in [0.15, 0.2) is 0 Å². The van der Waals surface area contributed by atoms with Crippen LogP contribution in [0.2, 0.25) is 0 Å². The molecular formula is C8H11NO2. The molecule has 0 saturated carbocycles. The van der Waals surface area contributed by atoms with E-state index < -0.39 is 5.97 Å². The number of carbonyl (C=O) groups is 1. The smallest absolute Gasteiger partial charge is 0.325 e. The highest BCUT2D eigenvalue weighted by Crippen LogP contribution is 2.06. The second-order valence-electron chi connectivity index (χ2n) is 2.50. The summed E-state index contributed by atoms with van der Waals surface area (Å²) in [5.41, 5.74) is 0.915. The number of carboxylic acid groups (broad SMARTS) is 1. The maximum atomic E-state index is 10.1. The zero-order valence-electron chi connectivity index (χ0n) is 6.29. The van der Waals surface area contributed by atoms with Gasteiger partial charge in [-0.05, 0) is 25.3 Å². The molecule has 3 nitrogen and oxygen atoms in total. The summed E-state index contributed by atoms with van der Waals surface area (Å²) in [4.78, 5) is 14.0. The highest BCUT2D eigenvalue weighted by molar-refractivity contribution is 5.96. The molecule has 0 fully saturated rings. The van der Waals surface area contributed by atoms with Crippen LogP contribution in [-0.2, 0) is 4.79 Å². The van der Waals surface area contributed by atoms with E-state index in [0.29, 0.717) is 0 Å². The lowest BCUT2D eigenvalue weighted by molar-refractivity contribution is -0.135. The van der Waals surface area contributed by atoms with Crippen LogP contribution < -0.4 is 0 Å². The molecule has 0 aromatic heterocycles. The summed E-state index contributed by atoms with van der Waals surface area (Å²) in [5, 5.41) is 8.31. The van der Waals surface area contributed by atoms with Gasteiger partial charge < -0.3 is 5.11 Å². The molecule has 1 aliphatic rings. The van der Waals surface area contributed by atoms with Gasteiger partial charge >= 0.3 is 5.97 Å². The van der Waals surface area contributed by atoms with Crippen molar-refractivity contribution < 1.29 is 9.90 Å². The average Bonchev–Trinajstić information content (AvgIpc) is 2.03. The predicted molar refractivity (Wildman–Crippen MR) is 42.9 cm³/mol. The number of aliphatic carboxylic acids is 1. The number of rotatable bonds is 2. The molecule has 1 N–H and O–H groups in total. The zero-order valence-corrected chi connectivity index (χ0v) is 6.29. The van der Waals surface area contributed by atoms with Gasteiger partial charge in [0.05, 0.1) is 0 Å². The lowest BCUT2D eigenvalue weighted by Gasteiger charge is -2.04.